The predicted molar refractivity (Wildman–Crippen MR) is 110 cm³/mol. The zero-order chi connectivity index (χ0) is 19.1. The van der Waals surface area contributed by atoms with Crippen LogP contribution in [0.1, 0.15) is 30.0 Å². The van der Waals surface area contributed by atoms with Gasteiger partial charge in [-0.3, -0.25) is 0 Å². The quantitative estimate of drug-likeness (QED) is 0.578. The summed E-state index contributed by atoms with van der Waals surface area (Å²) in [5, 5.41) is 3.87. The average Bonchev–Trinajstić information content (AvgIpc) is 3.10. The van der Waals surface area contributed by atoms with Crippen molar-refractivity contribution in [2.24, 2.45) is 0 Å². The van der Waals surface area contributed by atoms with Crippen LogP contribution >= 0.6 is 11.3 Å². The molecule has 1 unspecified atom stereocenters. The second-order valence-corrected chi connectivity index (χ2v) is 7.56. The Kier molecular flexibility index (Phi) is 6.79. The largest absolute Gasteiger partial charge is 0.374 e. The molecule has 0 aliphatic carbocycles. The van der Waals surface area contributed by atoms with Crippen LogP contribution in [0.15, 0.2) is 54.6 Å². The van der Waals surface area contributed by atoms with E-state index in [2.05, 4.69) is 22.4 Å². The summed E-state index contributed by atoms with van der Waals surface area (Å²) in [6, 6.07) is 18.1. The number of aromatic nitrogens is 1. The molecule has 0 spiro atoms. The normalized spacial score (nSPS) is 12.1. The molecule has 3 rings (SSSR count). The summed E-state index contributed by atoms with van der Waals surface area (Å²) in [5.41, 5.74) is 2.15. The van der Waals surface area contributed by atoms with Gasteiger partial charge < -0.3 is 15.0 Å². The van der Waals surface area contributed by atoms with E-state index >= 15 is 0 Å². The van der Waals surface area contributed by atoms with Crippen molar-refractivity contribution in [1.29, 1.82) is 0 Å². The van der Waals surface area contributed by atoms with Crippen molar-refractivity contribution in [3.8, 4) is 0 Å². The Balaban J connectivity index is 1.36. The highest BCUT2D eigenvalue weighted by Crippen LogP contribution is 2.22. The molecule has 142 valence electrons. The number of amides is 2. The minimum atomic E-state index is -0.0923. The van der Waals surface area contributed by atoms with Crippen molar-refractivity contribution in [1.82, 2.24) is 15.2 Å². The first-order valence-electron chi connectivity index (χ1n) is 9.13. The van der Waals surface area contributed by atoms with Gasteiger partial charge in [0.1, 0.15) is 5.01 Å². The van der Waals surface area contributed by atoms with Crippen LogP contribution in [-0.2, 0) is 11.3 Å². The molecule has 1 heterocycles. The maximum atomic E-state index is 12.2. The summed E-state index contributed by atoms with van der Waals surface area (Å²) in [7, 11) is 1.79. The smallest absolute Gasteiger partial charge is 0.317 e. The lowest BCUT2D eigenvalue weighted by atomic mass is 10.1. The van der Waals surface area contributed by atoms with Crippen LogP contribution in [0.3, 0.4) is 0 Å². The predicted octanol–water partition coefficient (Wildman–Crippen LogP) is 4.61. The van der Waals surface area contributed by atoms with Crippen LogP contribution in [0.25, 0.3) is 10.2 Å². The Morgan fingerprint density at radius 2 is 1.93 bits per heavy atom. The molecular formula is C21H25N3O2S. The monoisotopic (exact) mass is 383 g/mol. The molecule has 3 aromatic rings. The van der Waals surface area contributed by atoms with Gasteiger partial charge in [-0.2, -0.15) is 0 Å². The lowest BCUT2D eigenvalue weighted by Gasteiger charge is -2.17. The van der Waals surface area contributed by atoms with Gasteiger partial charge in [-0.05, 0) is 31.0 Å². The van der Waals surface area contributed by atoms with Gasteiger partial charge in [0.2, 0.25) is 0 Å². The molecule has 0 radical (unpaired) electrons. The Hall–Kier alpha value is -2.44. The first kappa shape index (κ1) is 19.3. The van der Waals surface area contributed by atoms with Gasteiger partial charge in [0.05, 0.1) is 22.9 Å². The van der Waals surface area contributed by atoms with Crippen molar-refractivity contribution in [3.05, 3.63) is 65.2 Å². The number of ether oxygens (including phenoxy) is 1. The van der Waals surface area contributed by atoms with E-state index in [4.69, 9.17) is 4.74 Å². The molecular weight excluding hydrogens is 358 g/mol. The van der Waals surface area contributed by atoms with Crippen LogP contribution in [0.5, 0.6) is 0 Å². The Morgan fingerprint density at radius 1 is 1.19 bits per heavy atom. The van der Waals surface area contributed by atoms with E-state index in [9.17, 15) is 4.79 Å². The highest BCUT2D eigenvalue weighted by Gasteiger charge is 2.12. The van der Waals surface area contributed by atoms with Gasteiger partial charge in [0, 0.05) is 20.2 Å². The number of urea groups is 1. The van der Waals surface area contributed by atoms with Crippen molar-refractivity contribution in [3.63, 3.8) is 0 Å². The highest BCUT2D eigenvalue weighted by atomic mass is 32.1. The van der Waals surface area contributed by atoms with Gasteiger partial charge in [0.25, 0.3) is 0 Å². The number of fused-ring (bicyclic) bond motifs is 1. The second kappa shape index (κ2) is 9.48. The Labute approximate surface area is 164 Å². The molecule has 0 saturated carbocycles. The van der Waals surface area contributed by atoms with E-state index in [1.165, 1.54) is 0 Å². The maximum Gasteiger partial charge on any atom is 0.317 e. The summed E-state index contributed by atoms with van der Waals surface area (Å²) < 4.78 is 6.97. The third-order valence-corrected chi connectivity index (χ3v) is 5.31. The summed E-state index contributed by atoms with van der Waals surface area (Å²) in [4.78, 5) is 18.5. The number of nitrogens with one attached hydrogen (secondary N) is 1. The summed E-state index contributed by atoms with van der Waals surface area (Å²) >= 11 is 1.62. The molecule has 5 nitrogen and oxygen atoms in total. The van der Waals surface area contributed by atoms with E-state index in [1.807, 2.05) is 49.4 Å². The summed E-state index contributed by atoms with van der Waals surface area (Å²) in [5.74, 6) is 0. The van der Waals surface area contributed by atoms with Gasteiger partial charge in [-0.25, -0.2) is 9.78 Å². The zero-order valence-electron chi connectivity index (χ0n) is 15.7. The van der Waals surface area contributed by atoms with Crippen LogP contribution in [0, 0.1) is 0 Å². The number of rotatable bonds is 8. The molecule has 27 heavy (non-hydrogen) atoms. The molecule has 0 fully saturated rings. The number of nitrogens with zero attached hydrogens (tertiary/aromatic N) is 2. The molecule has 0 aliphatic rings. The molecule has 0 bridgehead atoms. The van der Waals surface area contributed by atoms with Crippen LogP contribution < -0.4 is 5.32 Å². The number of benzene rings is 2. The first-order valence-corrected chi connectivity index (χ1v) is 9.95. The molecule has 1 aromatic heterocycles. The third kappa shape index (κ3) is 5.52. The molecule has 1 N–H and O–H groups in total. The van der Waals surface area contributed by atoms with Gasteiger partial charge in [-0.15, -0.1) is 11.3 Å². The number of thiazole rings is 1. The fourth-order valence-electron chi connectivity index (χ4n) is 2.75. The average molecular weight is 384 g/mol. The lowest BCUT2D eigenvalue weighted by molar-refractivity contribution is 0.0642. The number of carbonyl (C=O) groups is 1. The van der Waals surface area contributed by atoms with Gasteiger partial charge in [0.15, 0.2) is 0 Å². The van der Waals surface area contributed by atoms with E-state index in [1.54, 1.807) is 23.3 Å². The van der Waals surface area contributed by atoms with E-state index < -0.39 is 0 Å². The zero-order valence-corrected chi connectivity index (χ0v) is 16.5. The molecule has 6 heteroatoms. The lowest BCUT2D eigenvalue weighted by Crippen LogP contribution is -2.37. The minimum Gasteiger partial charge on any atom is -0.374 e. The molecule has 0 aliphatic heterocycles. The third-order valence-electron chi connectivity index (χ3n) is 4.29. The highest BCUT2D eigenvalue weighted by molar-refractivity contribution is 7.18. The summed E-state index contributed by atoms with van der Waals surface area (Å²) in [6.07, 6.45) is 0.835. The van der Waals surface area contributed by atoms with Crippen LogP contribution in [0.2, 0.25) is 0 Å². The van der Waals surface area contributed by atoms with E-state index in [-0.39, 0.29) is 12.1 Å². The fraction of sp³-hybridized carbons (Fsp3) is 0.333. The molecule has 2 amide bonds. The van der Waals surface area contributed by atoms with Crippen LogP contribution in [0.4, 0.5) is 4.79 Å². The first-order chi connectivity index (χ1) is 13.1. The molecule has 2 aromatic carbocycles. The number of para-hydroxylation sites is 1. The van der Waals surface area contributed by atoms with E-state index in [0.29, 0.717) is 19.7 Å². The minimum absolute atomic E-state index is 0.0589. The van der Waals surface area contributed by atoms with Crippen molar-refractivity contribution >= 4 is 27.6 Å². The van der Waals surface area contributed by atoms with Crippen molar-refractivity contribution in [2.75, 3.05) is 20.2 Å². The van der Waals surface area contributed by atoms with Crippen molar-refractivity contribution in [2.45, 2.75) is 26.0 Å². The van der Waals surface area contributed by atoms with Crippen molar-refractivity contribution < 1.29 is 9.53 Å². The molecule has 1 atom stereocenters. The van der Waals surface area contributed by atoms with Gasteiger partial charge in [-0.1, -0.05) is 42.5 Å². The maximum absolute atomic E-state index is 12.2. The molecule has 0 saturated heterocycles. The Bertz CT molecular complexity index is 833. The van der Waals surface area contributed by atoms with E-state index in [0.717, 1.165) is 27.2 Å². The standard InChI is InChI=1S/C21H25N3O2S/c1-16(17-9-4-3-5-10-17)26-14-8-13-22-21(25)24(2)15-20-23-18-11-6-7-12-19(18)27-20/h3-7,9-12,16H,8,13-15H2,1-2H3,(H,22,25). The van der Waals surface area contributed by atoms with Gasteiger partial charge >= 0.3 is 6.03 Å². The fourth-order valence-corrected chi connectivity index (χ4v) is 3.77. The van der Waals surface area contributed by atoms with Crippen LogP contribution in [-0.4, -0.2) is 36.1 Å². The topological polar surface area (TPSA) is 54.5 Å². The number of carbonyl (C=O) groups excluding carboxylic acids is 1. The number of hydrogen-bond donors (Lipinski definition) is 1. The Morgan fingerprint density at radius 3 is 2.70 bits per heavy atom. The second-order valence-electron chi connectivity index (χ2n) is 6.44. The SMILES string of the molecule is CC(OCCCNC(=O)N(C)Cc1nc2ccccc2s1)c1ccccc1. The summed E-state index contributed by atoms with van der Waals surface area (Å²) in [6.45, 7) is 3.74. The number of hydrogen-bond acceptors (Lipinski definition) is 4.